The summed E-state index contributed by atoms with van der Waals surface area (Å²) in [5.41, 5.74) is 8.72. The highest BCUT2D eigenvalue weighted by molar-refractivity contribution is 6.08. The Hall–Kier alpha value is -13.0. The van der Waals surface area contributed by atoms with Crippen LogP contribution >= 0.6 is 0 Å². The van der Waals surface area contributed by atoms with Gasteiger partial charge in [0.2, 0.25) is 0 Å². The van der Waals surface area contributed by atoms with Gasteiger partial charge in [-0.3, -0.25) is 0 Å². The van der Waals surface area contributed by atoms with E-state index in [-0.39, 0.29) is 11.1 Å². The number of furan rings is 1. The van der Waals surface area contributed by atoms with E-state index in [1.165, 1.54) is 24.3 Å². The Balaban J connectivity index is 0.820. The summed E-state index contributed by atoms with van der Waals surface area (Å²) < 4.78 is 147. The van der Waals surface area contributed by atoms with Crippen molar-refractivity contribution in [2.24, 2.45) is 0 Å². The standard InChI is InChI=1S/C90H54F8N2O3/c1-3-53-13-33-65(34-14-53)101-67-37-17-55(18-38-67)89(79-49-83(95)85(97)51-81(79)93)75-11-7-5-9-69(75)71-41-29-63(47-77(71)89)99(59-25-21-57(91)22-26-59)61-31-43-87-73(45-61)74-46-62(32-44-88(74)103-87)100(60-27-23-58(92)24-28-60)64-30-42-72-70-10-6-8-12-76(70)90(78(72)48-64,80-50-84(96)86(98)52-82(80)94)56-19-39-68(40-20-56)102-66-35-15-54(4-2)16-36-66/h3-52H,1-2H2. The van der Waals surface area contributed by atoms with E-state index in [2.05, 4.69) is 13.2 Å². The Morgan fingerprint density at radius 2 is 0.602 bits per heavy atom. The third-order valence-electron chi connectivity index (χ3n) is 19.8. The van der Waals surface area contributed by atoms with Crippen molar-refractivity contribution in [1.29, 1.82) is 0 Å². The highest BCUT2D eigenvalue weighted by atomic mass is 19.2. The Bertz CT molecular complexity index is 5540. The molecule has 0 radical (unpaired) electrons. The molecule has 2 unspecified atom stereocenters. The molecule has 0 amide bonds. The first-order valence-electron chi connectivity index (χ1n) is 33.1. The second kappa shape index (κ2) is 25.0. The minimum absolute atomic E-state index is 0.141. The van der Waals surface area contributed by atoms with Crippen molar-refractivity contribution in [3.63, 3.8) is 0 Å². The highest BCUT2D eigenvalue weighted by Crippen LogP contribution is 2.61. The van der Waals surface area contributed by atoms with Gasteiger partial charge in [-0.1, -0.05) is 135 Å². The predicted molar refractivity (Wildman–Crippen MR) is 391 cm³/mol. The maximum absolute atomic E-state index is 17.2. The summed E-state index contributed by atoms with van der Waals surface area (Å²) in [6, 6.07) is 81.5. The number of hydrogen-bond donors (Lipinski definition) is 0. The predicted octanol–water partition coefficient (Wildman–Crippen LogP) is 25.2. The summed E-state index contributed by atoms with van der Waals surface area (Å²) in [6.07, 6.45) is 3.45. The van der Waals surface area contributed by atoms with E-state index in [4.69, 9.17) is 13.9 Å². The molecule has 498 valence electrons. The average Bonchev–Trinajstić information content (AvgIpc) is 1.55. The number of hydrogen-bond acceptors (Lipinski definition) is 5. The molecule has 0 aliphatic heterocycles. The van der Waals surface area contributed by atoms with E-state index in [1.807, 2.05) is 180 Å². The first kappa shape index (κ1) is 63.4. The van der Waals surface area contributed by atoms with Gasteiger partial charge in [-0.25, -0.2) is 35.1 Å². The van der Waals surface area contributed by atoms with Crippen molar-refractivity contribution in [2.75, 3.05) is 9.80 Å². The van der Waals surface area contributed by atoms with Gasteiger partial charge in [0.1, 0.15) is 57.4 Å². The fourth-order valence-corrected chi connectivity index (χ4v) is 15.2. The van der Waals surface area contributed by atoms with Gasteiger partial charge in [0.05, 0.1) is 10.8 Å². The molecule has 0 fully saturated rings. The molecule has 13 heteroatoms. The molecule has 17 rings (SSSR count). The van der Waals surface area contributed by atoms with Gasteiger partial charge in [-0.05, 0) is 237 Å². The van der Waals surface area contributed by atoms with E-state index < -0.39 is 57.4 Å². The third kappa shape index (κ3) is 10.5. The van der Waals surface area contributed by atoms with Crippen LogP contribution < -0.4 is 19.3 Å². The van der Waals surface area contributed by atoms with Crippen LogP contribution in [0.1, 0.15) is 55.6 Å². The van der Waals surface area contributed by atoms with Crippen LogP contribution in [-0.4, -0.2) is 0 Å². The maximum atomic E-state index is 17.2. The molecule has 0 N–H and O–H groups in total. The minimum atomic E-state index is -1.61. The number of benzene rings is 14. The van der Waals surface area contributed by atoms with Gasteiger partial charge in [0.25, 0.3) is 0 Å². The molecule has 0 spiro atoms. The molecule has 2 aliphatic rings. The van der Waals surface area contributed by atoms with Crippen LogP contribution in [0.5, 0.6) is 23.0 Å². The molecular weight excluding hydrogens is 1310 g/mol. The molecule has 15 aromatic rings. The van der Waals surface area contributed by atoms with Gasteiger partial charge >= 0.3 is 0 Å². The first-order chi connectivity index (χ1) is 50.2. The molecule has 2 aliphatic carbocycles. The van der Waals surface area contributed by atoms with Crippen LogP contribution in [0, 0.1) is 46.5 Å². The van der Waals surface area contributed by atoms with Crippen LogP contribution in [0.3, 0.4) is 0 Å². The molecular formula is C90H54F8N2O3. The lowest BCUT2D eigenvalue weighted by Crippen LogP contribution is -2.30. The van der Waals surface area contributed by atoms with Crippen molar-refractivity contribution in [2.45, 2.75) is 10.8 Å². The number of ether oxygens (including phenoxy) is 2. The molecule has 1 aromatic heterocycles. The topological polar surface area (TPSA) is 38.1 Å². The number of halogens is 8. The number of rotatable bonds is 16. The van der Waals surface area contributed by atoms with E-state index in [0.717, 1.165) is 34.4 Å². The van der Waals surface area contributed by atoms with Gasteiger partial charge in [-0.2, -0.15) is 0 Å². The molecule has 5 nitrogen and oxygen atoms in total. The highest BCUT2D eigenvalue weighted by Gasteiger charge is 2.50. The monoisotopic (exact) mass is 1360 g/mol. The normalized spacial score (nSPS) is 14.8. The smallest absolute Gasteiger partial charge is 0.161 e. The molecule has 14 aromatic carbocycles. The van der Waals surface area contributed by atoms with Crippen LogP contribution in [0.2, 0.25) is 0 Å². The zero-order chi connectivity index (χ0) is 70.4. The average molecular weight is 1360 g/mol. The van der Waals surface area contributed by atoms with E-state index in [0.29, 0.717) is 136 Å². The lowest BCUT2D eigenvalue weighted by molar-refractivity contribution is 0.480. The number of fused-ring (bicyclic) bond motifs is 9. The van der Waals surface area contributed by atoms with Gasteiger partial charge in [-0.15, -0.1) is 0 Å². The number of nitrogens with zero attached hydrogens (tertiary/aromatic N) is 2. The van der Waals surface area contributed by atoms with E-state index in [9.17, 15) is 0 Å². The van der Waals surface area contributed by atoms with Crippen molar-refractivity contribution in [3.05, 3.63) is 407 Å². The van der Waals surface area contributed by atoms with Crippen LogP contribution in [0.4, 0.5) is 69.2 Å². The molecule has 0 saturated heterocycles. The second-order valence-corrected chi connectivity index (χ2v) is 25.4. The molecule has 0 bridgehead atoms. The summed E-state index contributed by atoms with van der Waals surface area (Å²) in [5, 5.41) is 1.29. The van der Waals surface area contributed by atoms with Gasteiger partial charge in [0, 0.05) is 68.2 Å². The van der Waals surface area contributed by atoms with Crippen molar-refractivity contribution < 1.29 is 49.0 Å². The maximum Gasteiger partial charge on any atom is 0.161 e. The Labute approximate surface area is 586 Å². The minimum Gasteiger partial charge on any atom is -0.457 e. The zero-order valence-corrected chi connectivity index (χ0v) is 54.4. The Morgan fingerprint density at radius 1 is 0.282 bits per heavy atom. The number of anilines is 6. The molecule has 1 heterocycles. The summed E-state index contributed by atoms with van der Waals surface area (Å²) >= 11 is 0. The van der Waals surface area contributed by atoms with Gasteiger partial charge < -0.3 is 23.7 Å². The Kier molecular flexibility index (Phi) is 15.4. The zero-order valence-electron chi connectivity index (χ0n) is 54.4. The fraction of sp³-hybridized carbons (Fsp3) is 0.0222. The SMILES string of the molecule is C=Cc1ccc(Oc2ccc(C3(c4cc(F)c(F)cc4F)c4ccccc4-c4ccc(N(c5ccc(F)cc5)c5ccc6oc7ccc(N(c8ccc(F)cc8)c8ccc9c(c8)C(c8ccc(Oc%10ccc(C=C)cc%10)cc8)(c8cc(F)c(F)cc8F)c8ccccc8-9)cc7c6c5)cc43)cc2)cc1. The molecule has 103 heavy (non-hydrogen) atoms. The third-order valence-corrected chi connectivity index (χ3v) is 19.8. The summed E-state index contributed by atoms with van der Waals surface area (Å²) in [6.45, 7) is 7.68. The van der Waals surface area contributed by atoms with Crippen LogP contribution in [-0.2, 0) is 10.8 Å². The first-order valence-corrected chi connectivity index (χ1v) is 33.1. The lowest BCUT2D eigenvalue weighted by atomic mass is 9.67. The largest absolute Gasteiger partial charge is 0.457 e. The summed E-state index contributed by atoms with van der Waals surface area (Å²) in [4.78, 5) is 3.84. The van der Waals surface area contributed by atoms with E-state index in [1.54, 1.807) is 84.9 Å². The molecule has 0 saturated carbocycles. The van der Waals surface area contributed by atoms with E-state index >= 15 is 35.1 Å². The summed E-state index contributed by atoms with van der Waals surface area (Å²) in [7, 11) is 0. The lowest BCUT2D eigenvalue weighted by Gasteiger charge is -2.35. The van der Waals surface area contributed by atoms with Crippen molar-refractivity contribution in [3.8, 4) is 45.3 Å². The molecule has 2 atom stereocenters. The van der Waals surface area contributed by atoms with Crippen LogP contribution in [0.15, 0.2) is 309 Å². The summed E-state index contributed by atoms with van der Waals surface area (Å²) in [5.74, 6) is -6.08. The van der Waals surface area contributed by atoms with Crippen molar-refractivity contribution >= 4 is 68.2 Å². The van der Waals surface area contributed by atoms with Gasteiger partial charge in [0.15, 0.2) is 23.3 Å². The van der Waals surface area contributed by atoms with Crippen molar-refractivity contribution in [1.82, 2.24) is 0 Å². The quantitative estimate of drug-likeness (QED) is 0.0712. The fourth-order valence-electron chi connectivity index (χ4n) is 15.2. The Morgan fingerprint density at radius 3 is 0.981 bits per heavy atom. The van der Waals surface area contributed by atoms with Crippen LogP contribution in [0.25, 0.3) is 56.3 Å². The second-order valence-electron chi connectivity index (χ2n) is 25.4.